The normalized spacial score (nSPS) is 17.4. The molecule has 1 aromatic heterocycles. The number of hydrogen-bond acceptors (Lipinski definition) is 5. The predicted octanol–water partition coefficient (Wildman–Crippen LogP) is 1.47. The van der Waals surface area contributed by atoms with E-state index in [0.29, 0.717) is 5.82 Å². The van der Waals surface area contributed by atoms with Gasteiger partial charge in [-0.15, -0.1) is 10.2 Å². The first-order chi connectivity index (χ1) is 10.2. The van der Waals surface area contributed by atoms with Gasteiger partial charge in [-0.3, -0.25) is 4.79 Å². The molecule has 0 unspecified atom stereocenters. The lowest BCUT2D eigenvalue weighted by atomic mass is 9.82. The summed E-state index contributed by atoms with van der Waals surface area (Å²) in [7, 11) is 0. The van der Waals surface area contributed by atoms with Gasteiger partial charge in [0.25, 0.3) is 0 Å². The van der Waals surface area contributed by atoms with E-state index in [1.807, 2.05) is 24.3 Å². The minimum absolute atomic E-state index is 0.102. The number of nitrogens with two attached hydrogens (primary N) is 1. The van der Waals surface area contributed by atoms with E-state index in [2.05, 4.69) is 25.9 Å². The average molecular weight is 286 g/mol. The standard InChI is InChI=1S/C14H18N6O/c15-14(8-2-1-3-9-14)13(21)16-11-6-4-10(5-7-11)12-17-19-20-18-12/h4-7H,1-3,8-9,15H2,(H,16,21)(H,17,18,19,20). The number of carbonyl (C=O) groups excluding carboxylic acids is 1. The zero-order valence-electron chi connectivity index (χ0n) is 11.7. The summed E-state index contributed by atoms with van der Waals surface area (Å²) >= 11 is 0. The molecule has 0 aliphatic heterocycles. The van der Waals surface area contributed by atoms with Crippen molar-refractivity contribution in [1.82, 2.24) is 20.6 Å². The molecule has 1 amide bonds. The summed E-state index contributed by atoms with van der Waals surface area (Å²) < 4.78 is 0. The van der Waals surface area contributed by atoms with Crippen molar-refractivity contribution in [2.75, 3.05) is 5.32 Å². The largest absolute Gasteiger partial charge is 0.324 e. The van der Waals surface area contributed by atoms with Crippen LogP contribution in [0.3, 0.4) is 0 Å². The highest BCUT2D eigenvalue weighted by molar-refractivity contribution is 5.98. The molecule has 0 saturated heterocycles. The highest BCUT2D eigenvalue weighted by Crippen LogP contribution is 2.27. The Morgan fingerprint density at radius 3 is 2.52 bits per heavy atom. The van der Waals surface area contributed by atoms with E-state index in [9.17, 15) is 4.79 Å². The molecule has 1 heterocycles. The number of amides is 1. The Kier molecular flexibility index (Phi) is 3.66. The molecule has 0 radical (unpaired) electrons. The van der Waals surface area contributed by atoms with Gasteiger partial charge >= 0.3 is 0 Å². The number of hydrogen-bond donors (Lipinski definition) is 3. The summed E-state index contributed by atoms with van der Waals surface area (Å²) in [5.41, 5.74) is 7.04. The number of aromatic amines is 1. The van der Waals surface area contributed by atoms with Crippen LogP contribution >= 0.6 is 0 Å². The van der Waals surface area contributed by atoms with Gasteiger partial charge in [0, 0.05) is 11.3 Å². The smallest absolute Gasteiger partial charge is 0.244 e. The Morgan fingerprint density at radius 1 is 1.19 bits per heavy atom. The van der Waals surface area contributed by atoms with Crippen molar-refractivity contribution in [3.05, 3.63) is 24.3 Å². The molecule has 7 nitrogen and oxygen atoms in total. The summed E-state index contributed by atoms with van der Waals surface area (Å²) in [6.07, 6.45) is 4.69. The monoisotopic (exact) mass is 286 g/mol. The number of carbonyl (C=O) groups is 1. The van der Waals surface area contributed by atoms with Crippen LogP contribution in [0, 0.1) is 0 Å². The predicted molar refractivity (Wildman–Crippen MR) is 78.2 cm³/mol. The van der Waals surface area contributed by atoms with Crippen LogP contribution in [-0.4, -0.2) is 32.1 Å². The van der Waals surface area contributed by atoms with Crippen molar-refractivity contribution in [1.29, 1.82) is 0 Å². The van der Waals surface area contributed by atoms with Crippen molar-refractivity contribution < 1.29 is 4.79 Å². The first kappa shape index (κ1) is 13.7. The van der Waals surface area contributed by atoms with Gasteiger partial charge in [0.1, 0.15) is 0 Å². The van der Waals surface area contributed by atoms with Crippen molar-refractivity contribution >= 4 is 11.6 Å². The van der Waals surface area contributed by atoms with Gasteiger partial charge in [0.15, 0.2) is 0 Å². The van der Waals surface area contributed by atoms with E-state index in [1.54, 1.807) is 0 Å². The zero-order chi connectivity index (χ0) is 14.7. The molecular formula is C14H18N6O. The summed E-state index contributed by atoms with van der Waals surface area (Å²) in [5, 5.41) is 16.6. The number of tetrazole rings is 1. The molecule has 21 heavy (non-hydrogen) atoms. The number of benzene rings is 1. The molecule has 7 heteroatoms. The minimum atomic E-state index is -0.732. The van der Waals surface area contributed by atoms with Crippen LogP contribution in [0.2, 0.25) is 0 Å². The first-order valence-electron chi connectivity index (χ1n) is 7.12. The van der Waals surface area contributed by atoms with Gasteiger partial charge in [-0.2, -0.15) is 5.21 Å². The number of aromatic nitrogens is 4. The van der Waals surface area contributed by atoms with Gasteiger partial charge in [0.2, 0.25) is 11.7 Å². The third-order valence-electron chi connectivity index (χ3n) is 3.94. The molecule has 1 aliphatic rings. The van der Waals surface area contributed by atoms with Crippen LogP contribution in [0.1, 0.15) is 32.1 Å². The molecule has 2 aromatic rings. The van der Waals surface area contributed by atoms with E-state index in [1.165, 1.54) is 0 Å². The second kappa shape index (κ2) is 5.61. The summed E-state index contributed by atoms with van der Waals surface area (Å²) in [6.45, 7) is 0. The Balaban J connectivity index is 1.69. The molecule has 4 N–H and O–H groups in total. The third-order valence-corrected chi connectivity index (χ3v) is 3.94. The van der Waals surface area contributed by atoms with Crippen molar-refractivity contribution in [3.63, 3.8) is 0 Å². The molecule has 1 aliphatic carbocycles. The SMILES string of the molecule is NC1(C(=O)Nc2ccc(-c3nn[nH]n3)cc2)CCCCC1. The number of nitrogens with zero attached hydrogens (tertiary/aromatic N) is 3. The van der Waals surface area contributed by atoms with Crippen LogP contribution in [-0.2, 0) is 4.79 Å². The molecule has 1 saturated carbocycles. The molecule has 1 fully saturated rings. The molecule has 0 atom stereocenters. The quantitative estimate of drug-likeness (QED) is 0.791. The lowest BCUT2D eigenvalue weighted by Crippen LogP contribution is -2.52. The second-order valence-corrected chi connectivity index (χ2v) is 5.48. The number of rotatable bonds is 3. The number of H-pyrrole nitrogens is 1. The fraction of sp³-hybridized carbons (Fsp3) is 0.429. The van der Waals surface area contributed by atoms with Crippen molar-refractivity contribution in [2.24, 2.45) is 5.73 Å². The second-order valence-electron chi connectivity index (χ2n) is 5.48. The summed E-state index contributed by atoms with van der Waals surface area (Å²) in [5.74, 6) is 0.421. The molecule has 3 rings (SSSR count). The van der Waals surface area contributed by atoms with E-state index in [-0.39, 0.29) is 5.91 Å². The van der Waals surface area contributed by atoms with Crippen LogP contribution in [0.15, 0.2) is 24.3 Å². The lowest BCUT2D eigenvalue weighted by Gasteiger charge is -2.31. The maximum Gasteiger partial charge on any atom is 0.244 e. The Labute approximate surface area is 122 Å². The maximum absolute atomic E-state index is 12.3. The minimum Gasteiger partial charge on any atom is -0.324 e. The van der Waals surface area contributed by atoms with Crippen LogP contribution < -0.4 is 11.1 Å². The third kappa shape index (κ3) is 2.92. The molecular weight excluding hydrogens is 268 g/mol. The Hall–Kier alpha value is -2.28. The van der Waals surface area contributed by atoms with E-state index in [4.69, 9.17) is 5.73 Å². The van der Waals surface area contributed by atoms with Gasteiger partial charge in [-0.1, -0.05) is 19.3 Å². The molecule has 0 spiro atoms. The average Bonchev–Trinajstić information content (AvgIpc) is 3.03. The summed E-state index contributed by atoms with van der Waals surface area (Å²) in [6, 6.07) is 7.31. The first-order valence-corrected chi connectivity index (χ1v) is 7.12. The van der Waals surface area contributed by atoms with Gasteiger partial charge < -0.3 is 11.1 Å². The van der Waals surface area contributed by atoms with Crippen LogP contribution in [0.5, 0.6) is 0 Å². The number of nitrogens with one attached hydrogen (secondary N) is 2. The van der Waals surface area contributed by atoms with Gasteiger partial charge in [0.05, 0.1) is 5.54 Å². The molecule has 0 bridgehead atoms. The Bertz CT molecular complexity index is 601. The Morgan fingerprint density at radius 2 is 1.90 bits per heavy atom. The van der Waals surface area contributed by atoms with E-state index in [0.717, 1.165) is 43.4 Å². The van der Waals surface area contributed by atoms with Crippen LogP contribution in [0.25, 0.3) is 11.4 Å². The molecule has 110 valence electrons. The van der Waals surface area contributed by atoms with Crippen molar-refractivity contribution in [3.8, 4) is 11.4 Å². The highest BCUT2D eigenvalue weighted by atomic mass is 16.2. The zero-order valence-corrected chi connectivity index (χ0v) is 11.7. The van der Waals surface area contributed by atoms with Crippen molar-refractivity contribution in [2.45, 2.75) is 37.6 Å². The van der Waals surface area contributed by atoms with E-state index < -0.39 is 5.54 Å². The highest BCUT2D eigenvalue weighted by Gasteiger charge is 2.35. The number of anilines is 1. The fourth-order valence-corrected chi connectivity index (χ4v) is 2.65. The lowest BCUT2D eigenvalue weighted by molar-refractivity contribution is -0.122. The van der Waals surface area contributed by atoms with Gasteiger partial charge in [-0.25, -0.2) is 0 Å². The summed E-state index contributed by atoms with van der Waals surface area (Å²) in [4.78, 5) is 12.3. The van der Waals surface area contributed by atoms with Gasteiger partial charge in [-0.05, 0) is 42.3 Å². The topological polar surface area (TPSA) is 110 Å². The van der Waals surface area contributed by atoms with Crippen LogP contribution in [0.4, 0.5) is 5.69 Å². The molecule has 1 aromatic carbocycles. The fourth-order valence-electron chi connectivity index (χ4n) is 2.65. The van der Waals surface area contributed by atoms with E-state index >= 15 is 0 Å². The maximum atomic E-state index is 12.3.